The van der Waals surface area contributed by atoms with Gasteiger partial charge in [-0.1, -0.05) is 13.3 Å². The third-order valence-electron chi connectivity index (χ3n) is 1.90. The van der Waals surface area contributed by atoms with Gasteiger partial charge in [0.25, 0.3) is 0 Å². The summed E-state index contributed by atoms with van der Waals surface area (Å²) in [5.41, 5.74) is 0. The van der Waals surface area contributed by atoms with Crippen molar-refractivity contribution in [3.05, 3.63) is 0 Å². The molecule has 3 nitrogen and oxygen atoms in total. The predicted octanol–water partition coefficient (Wildman–Crippen LogP) is 0.910. The fraction of sp³-hybridized carbons (Fsp3) is 1.00. The van der Waals surface area contributed by atoms with Gasteiger partial charge in [0.2, 0.25) is 0 Å². The van der Waals surface area contributed by atoms with Gasteiger partial charge >= 0.3 is 0 Å². The Morgan fingerprint density at radius 2 is 2.36 bits per heavy atom. The summed E-state index contributed by atoms with van der Waals surface area (Å²) < 4.78 is 10.9. The zero-order valence-corrected chi connectivity index (χ0v) is 7.17. The maximum atomic E-state index is 8.76. The van der Waals surface area contributed by atoms with E-state index in [0.29, 0.717) is 6.61 Å². The van der Waals surface area contributed by atoms with Gasteiger partial charge in [-0.2, -0.15) is 0 Å². The molecule has 1 saturated heterocycles. The number of hydrogen-bond acceptors (Lipinski definition) is 3. The number of aliphatic hydroxyl groups excluding tert-OH is 1. The third-order valence-corrected chi connectivity index (χ3v) is 1.90. The molecular formula is C8H16O3. The summed E-state index contributed by atoms with van der Waals surface area (Å²) in [5, 5.41) is 8.76. The monoisotopic (exact) mass is 160 g/mol. The Morgan fingerprint density at radius 3 is 2.82 bits per heavy atom. The molecule has 2 atom stereocenters. The Morgan fingerprint density at radius 1 is 1.64 bits per heavy atom. The lowest BCUT2D eigenvalue weighted by Gasteiger charge is -2.21. The molecule has 1 rings (SSSR count). The van der Waals surface area contributed by atoms with E-state index in [1.54, 1.807) is 0 Å². The smallest absolute Gasteiger partial charge is 0.166 e. The number of ether oxygens (including phenoxy) is 2. The number of hydrogen-bond donors (Lipinski definition) is 1. The normalized spacial score (nSPS) is 37.9. The molecule has 0 saturated carbocycles. The zero-order chi connectivity index (χ0) is 8.32. The topological polar surface area (TPSA) is 38.7 Å². The Kier molecular flexibility index (Phi) is 2.87. The molecule has 0 aliphatic carbocycles. The first-order valence-corrected chi connectivity index (χ1v) is 4.13. The van der Waals surface area contributed by atoms with E-state index in [4.69, 9.17) is 14.6 Å². The van der Waals surface area contributed by atoms with Crippen LogP contribution in [0, 0.1) is 0 Å². The Balaban J connectivity index is 2.37. The Labute approximate surface area is 67.3 Å². The molecule has 1 aliphatic heterocycles. The van der Waals surface area contributed by atoms with Gasteiger partial charge in [0, 0.05) is 6.42 Å². The van der Waals surface area contributed by atoms with Crippen molar-refractivity contribution in [1.82, 2.24) is 0 Å². The summed E-state index contributed by atoms with van der Waals surface area (Å²) in [6, 6.07) is 0. The lowest BCUT2D eigenvalue weighted by Crippen LogP contribution is -2.27. The van der Waals surface area contributed by atoms with Crippen LogP contribution in [-0.2, 0) is 9.47 Å². The first kappa shape index (κ1) is 8.97. The second-order valence-electron chi connectivity index (χ2n) is 3.12. The van der Waals surface area contributed by atoms with Gasteiger partial charge in [0.1, 0.15) is 6.10 Å². The molecule has 1 N–H and O–H groups in total. The Bertz CT molecular complexity index is 127. The first-order valence-electron chi connectivity index (χ1n) is 4.13. The van der Waals surface area contributed by atoms with E-state index in [1.165, 1.54) is 0 Å². The van der Waals surface area contributed by atoms with Crippen LogP contribution in [0.3, 0.4) is 0 Å². The molecule has 0 bridgehead atoms. The predicted molar refractivity (Wildman–Crippen MR) is 41.2 cm³/mol. The SMILES string of the molecule is CCC[C@]1(C)OC[C@@H](CO)O1. The van der Waals surface area contributed by atoms with Crippen molar-refractivity contribution in [3.63, 3.8) is 0 Å². The Hall–Kier alpha value is -0.120. The van der Waals surface area contributed by atoms with Crippen molar-refractivity contribution in [2.24, 2.45) is 0 Å². The van der Waals surface area contributed by atoms with Crippen LogP contribution < -0.4 is 0 Å². The van der Waals surface area contributed by atoms with Crippen molar-refractivity contribution in [2.45, 2.75) is 38.6 Å². The second kappa shape index (κ2) is 3.52. The quantitative estimate of drug-likeness (QED) is 0.667. The van der Waals surface area contributed by atoms with Gasteiger partial charge < -0.3 is 14.6 Å². The maximum absolute atomic E-state index is 8.76. The summed E-state index contributed by atoms with van der Waals surface area (Å²) in [7, 11) is 0. The minimum absolute atomic E-state index is 0.0549. The van der Waals surface area contributed by atoms with E-state index in [0.717, 1.165) is 12.8 Å². The minimum atomic E-state index is -0.442. The van der Waals surface area contributed by atoms with Crippen molar-refractivity contribution in [1.29, 1.82) is 0 Å². The summed E-state index contributed by atoms with van der Waals surface area (Å²) >= 11 is 0. The molecule has 0 unspecified atom stereocenters. The molecule has 1 fully saturated rings. The molecule has 0 aromatic carbocycles. The number of aliphatic hydroxyl groups is 1. The van der Waals surface area contributed by atoms with E-state index in [-0.39, 0.29) is 12.7 Å². The van der Waals surface area contributed by atoms with Crippen LogP contribution in [0.15, 0.2) is 0 Å². The average Bonchev–Trinajstić information content (AvgIpc) is 2.33. The van der Waals surface area contributed by atoms with Gasteiger partial charge in [-0.05, 0) is 6.92 Å². The molecule has 66 valence electrons. The molecule has 3 heteroatoms. The highest BCUT2D eigenvalue weighted by Gasteiger charge is 2.35. The molecule has 11 heavy (non-hydrogen) atoms. The van der Waals surface area contributed by atoms with E-state index in [9.17, 15) is 0 Å². The lowest BCUT2D eigenvalue weighted by atomic mass is 10.2. The molecule has 0 aromatic heterocycles. The van der Waals surface area contributed by atoms with Crippen molar-refractivity contribution in [3.8, 4) is 0 Å². The van der Waals surface area contributed by atoms with Crippen LogP contribution in [-0.4, -0.2) is 30.2 Å². The van der Waals surface area contributed by atoms with Gasteiger partial charge in [-0.3, -0.25) is 0 Å². The molecule has 1 heterocycles. The van der Waals surface area contributed by atoms with Crippen LogP contribution in [0.5, 0.6) is 0 Å². The first-order chi connectivity index (χ1) is 5.20. The molecule has 0 radical (unpaired) electrons. The van der Waals surface area contributed by atoms with Crippen LogP contribution in [0.25, 0.3) is 0 Å². The van der Waals surface area contributed by atoms with Gasteiger partial charge in [-0.15, -0.1) is 0 Å². The number of rotatable bonds is 3. The maximum Gasteiger partial charge on any atom is 0.166 e. The molecule has 0 amide bonds. The highest BCUT2D eigenvalue weighted by Crippen LogP contribution is 2.27. The summed E-state index contributed by atoms with van der Waals surface area (Å²) in [4.78, 5) is 0. The summed E-state index contributed by atoms with van der Waals surface area (Å²) in [6.07, 6.45) is 1.81. The van der Waals surface area contributed by atoms with E-state index in [2.05, 4.69) is 6.92 Å². The van der Waals surface area contributed by atoms with E-state index in [1.807, 2.05) is 6.92 Å². The fourth-order valence-corrected chi connectivity index (χ4v) is 1.37. The fourth-order valence-electron chi connectivity index (χ4n) is 1.37. The second-order valence-corrected chi connectivity index (χ2v) is 3.12. The largest absolute Gasteiger partial charge is 0.394 e. The highest BCUT2D eigenvalue weighted by atomic mass is 16.7. The summed E-state index contributed by atoms with van der Waals surface area (Å²) in [5.74, 6) is -0.442. The molecule has 0 aromatic rings. The highest BCUT2D eigenvalue weighted by molar-refractivity contribution is 4.73. The third kappa shape index (κ3) is 2.15. The van der Waals surface area contributed by atoms with Gasteiger partial charge in [0.15, 0.2) is 5.79 Å². The van der Waals surface area contributed by atoms with Crippen molar-refractivity contribution in [2.75, 3.05) is 13.2 Å². The van der Waals surface area contributed by atoms with Crippen molar-refractivity contribution >= 4 is 0 Å². The van der Waals surface area contributed by atoms with Gasteiger partial charge in [0.05, 0.1) is 13.2 Å². The molecule has 1 aliphatic rings. The molecule has 0 spiro atoms. The lowest BCUT2D eigenvalue weighted by molar-refractivity contribution is -0.161. The minimum Gasteiger partial charge on any atom is -0.394 e. The van der Waals surface area contributed by atoms with Crippen LogP contribution in [0.2, 0.25) is 0 Å². The van der Waals surface area contributed by atoms with Crippen molar-refractivity contribution < 1.29 is 14.6 Å². The van der Waals surface area contributed by atoms with E-state index >= 15 is 0 Å². The van der Waals surface area contributed by atoms with E-state index < -0.39 is 5.79 Å². The van der Waals surface area contributed by atoms with Crippen LogP contribution >= 0.6 is 0 Å². The standard InChI is InChI=1S/C8H16O3/c1-3-4-8(2)10-6-7(5-9)11-8/h7,9H,3-6H2,1-2H3/t7-,8-/m1/s1. The van der Waals surface area contributed by atoms with Crippen LogP contribution in [0.1, 0.15) is 26.7 Å². The van der Waals surface area contributed by atoms with Gasteiger partial charge in [-0.25, -0.2) is 0 Å². The zero-order valence-electron chi connectivity index (χ0n) is 7.17. The molecular weight excluding hydrogens is 144 g/mol. The summed E-state index contributed by atoms with van der Waals surface area (Å²) in [6.45, 7) is 4.59. The van der Waals surface area contributed by atoms with Crippen LogP contribution in [0.4, 0.5) is 0 Å². The average molecular weight is 160 g/mol.